The molecule has 0 aliphatic heterocycles. The van der Waals surface area contributed by atoms with E-state index >= 15 is 0 Å². The molecule has 0 bridgehead atoms. The lowest BCUT2D eigenvalue weighted by Gasteiger charge is -2.05. The molecule has 2 aromatic carbocycles. The maximum atomic E-state index is 10.5. The van der Waals surface area contributed by atoms with Crippen molar-refractivity contribution in [3.05, 3.63) is 59.3 Å². The van der Waals surface area contributed by atoms with Gasteiger partial charge in [-0.3, -0.25) is 4.57 Å². The molecule has 4 rings (SSSR count). The Hall–Kier alpha value is -2.20. The minimum atomic E-state index is 0.265. The second-order valence-electron chi connectivity index (χ2n) is 5.22. The highest BCUT2D eigenvalue weighted by Crippen LogP contribution is 2.33. The molecular weight excluding hydrogens is 328 g/mol. The highest BCUT2D eigenvalue weighted by Gasteiger charge is 2.11. The first-order chi connectivity index (χ1) is 10.1. The molecule has 0 fully saturated rings. The summed E-state index contributed by atoms with van der Waals surface area (Å²) in [4.78, 5) is 0. The molecule has 4 aromatic rings. The maximum Gasteiger partial charge on any atom is 0.203 e. The maximum absolute atomic E-state index is 10.5. The molecule has 0 unspecified atom stereocenters. The van der Waals surface area contributed by atoms with E-state index in [0.717, 1.165) is 26.3 Å². The van der Waals surface area contributed by atoms with Gasteiger partial charge in [0.05, 0.1) is 0 Å². The van der Waals surface area contributed by atoms with Crippen LogP contribution in [0.1, 0.15) is 0 Å². The van der Waals surface area contributed by atoms with Crippen molar-refractivity contribution in [3.8, 4) is 11.6 Å². The number of hydrogen-bond donors (Lipinski definition) is 1. The Labute approximate surface area is 130 Å². The summed E-state index contributed by atoms with van der Waals surface area (Å²) in [5.41, 5.74) is 2.14. The van der Waals surface area contributed by atoms with Crippen molar-refractivity contribution in [1.29, 1.82) is 0 Å². The van der Waals surface area contributed by atoms with E-state index in [0.29, 0.717) is 0 Å². The van der Waals surface area contributed by atoms with Gasteiger partial charge in [0.25, 0.3) is 0 Å². The molecule has 1 N–H and O–H groups in total. The molecule has 4 heteroatoms. The van der Waals surface area contributed by atoms with Crippen LogP contribution in [-0.4, -0.2) is 14.2 Å². The molecule has 0 aliphatic carbocycles. The topological polar surface area (TPSA) is 30.1 Å². The highest BCUT2D eigenvalue weighted by atomic mass is 79.9. The number of aromatic hydroxyl groups is 1. The molecule has 0 amide bonds. The van der Waals surface area contributed by atoms with Crippen LogP contribution in [0.25, 0.3) is 27.4 Å². The van der Waals surface area contributed by atoms with Gasteiger partial charge in [0.15, 0.2) is 0 Å². The monoisotopic (exact) mass is 340 g/mol. The lowest BCUT2D eigenvalue weighted by molar-refractivity contribution is 0.448. The molecule has 0 saturated carbocycles. The van der Waals surface area contributed by atoms with Crippen LogP contribution in [0.5, 0.6) is 5.88 Å². The fourth-order valence-electron chi connectivity index (χ4n) is 2.78. The number of benzene rings is 2. The zero-order valence-corrected chi connectivity index (χ0v) is 13.0. The summed E-state index contributed by atoms with van der Waals surface area (Å²) in [5, 5.41) is 13.5. The minimum absolute atomic E-state index is 0.265. The number of hydrogen-bond acceptors (Lipinski definition) is 1. The molecule has 0 aliphatic rings. The molecule has 3 nitrogen and oxygen atoms in total. The van der Waals surface area contributed by atoms with Crippen molar-refractivity contribution in [3.63, 3.8) is 0 Å². The summed E-state index contributed by atoms with van der Waals surface area (Å²) in [6.45, 7) is 0. The Morgan fingerprint density at radius 1 is 1.00 bits per heavy atom. The van der Waals surface area contributed by atoms with Gasteiger partial charge in [-0.1, -0.05) is 22.0 Å². The van der Waals surface area contributed by atoms with Gasteiger partial charge in [0.1, 0.15) is 0 Å². The van der Waals surface area contributed by atoms with E-state index in [2.05, 4.69) is 38.7 Å². The number of aryl methyl sites for hydroxylation is 1. The first-order valence-corrected chi connectivity index (χ1v) is 7.48. The van der Waals surface area contributed by atoms with Gasteiger partial charge in [-0.15, -0.1) is 0 Å². The van der Waals surface area contributed by atoms with Crippen LogP contribution in [0.4, 0.5) is 0 Å². The van der Waals surface area contributed by atoms with Crippen molar-refractivity contribution in [2.45, 2.75) is 0 Å². The molecule has 0 saturated heterocycles. The van der Waals surface area contributed by atoms with Crippen molar-refractivity contribution in [2.24, 2.45) is 7.05 Å². The third-order valence-electron chi connectivity index (χ3n) is 3.90. The molecule has 2 heterocycles. The van der Waals surface area contributed by atoms with E-state index < -0.39 is 0 Å². The Morgan fingerprint density at radius 3 is 2.71 bits per heavy atom. The van der Waals surface area contributed by atoms with Crippen LogP contribution in [0.2, 0.25) is 0 Å². The summed E-state index contributed by atoms with van der Waals surface area (Å²) in [6, 6.07) is 14.2. The summed E-state index contributed by atoms with van der Waals surface area (Å²) in [7, 11) is 2.03. The largest absolute Gasteiger partial charge is 0.494 e. The van der Waals surface area contributed by atoms with Crippen molar-refractivity contribution >= 4 is 37.6 Å². The molecule has 21 heavy (non-hydrogen) atoms. The predicted octanol–water partition coefficient (Wildman–Crippen LogP) is 4.59. The third-order valence-corrected chi connectivity index (χ3v) is 4.39. The van der Waals surface area contributed by atoms with Crippen molar-refractivity contribution in [1.82, 2.24) is 9.13 Å². The van der Waals surface area contributed by atoms with Gasteiger partial charge in [0.2, 0.25) is 5.88 Å². The number of fused-ring (bicyclic) bond motifs is 2. The number of rotatable bonds is 1. The van der Waals surface area contributed by atoms with E-state index in [1.165, 1.54) is 5.52 Å². The highest BCUT2D eigenvalue weighted by molar-refractivity contribution is 9.10. The van der Waals surface area contributed by atoms with E-state index in [4.69, 9.17) is 0 Å². The standard InChI is InChI=1S/C17H13BrN2O/c1-19-7-6-11-8-14(4-5-16(11)19)20-10-12-2-3-13(18)9-15(12)17(20)21/h2-10,21H,1H3. The first-order valence-electron chi connectivity index (χ1n) is 6.68. The normalized spacial score (nSPS) is 11.5. The van der Waals surface area contributed by atoms with Crippen LogP contribution in [0.15, 0.2) is 59.3 Å². The first kappa shape index (κ1) is 12.5. The average Bonchev–Trinajstić information content (AvgIpc) is 3.01. The fourth-order valence-corrected chi connectivity index (χ4v) is 3.14. The Balaban J connectivity index is 1.97. The SMILES string of the molecule is Cn1ccc2cc(-n3cc4ccc(Br)cc4c3O)ccc21. The second kappa shape index (κ2) is 4.40. The van der Waals surface area contributed by atoms with E-state index in [-0.39, 0.29) is 5.88 Å². The van der Waals surface area contributed by atoms with Gasteiger partial charge in [0, 0.05) is 51.3 Å². The second-order valence-corrected chi connectivity index (χ2v) is 6.14. The number of nitrogens with zero attached hydrogens (tertiary/aromatic N) is 2. The molecule has 0 spiro atoms. The lowest BCUT2D eigenvalue weighted by Crippen LogP contribution is -1.91. The Bertz CT molecular complexity index is 981. The summed E-state index contributed by atoms with van der Waals surface area (Å²) >= 11 is 3.44. The third kappa shape index (κ3) is 1.87. The zero-order valence-electron chi connectivity index (χ0n) is 11.4. The molecule has 2 aromatic heterocycles. The fraction of sp³-hybridized carbons (Fsp3) is 0.0588. The van der Waals surface area contributed by atoms with Gasteiger partial charge in [-0.25, -0.2) is 0 Å². The lowest BCUT2D eigenvalue weighted by atomic mass is 10.2. The van der Waals surface area contributed by atoms with Crippen LogP contribution in [-0.2, 0) is 7.05 Å². The van der Waals surface area contributed by atoms with Crippen LogP contribution in [0, 0.1) is 0 Å². The van der Waals surface area contributed by atoms with Crippen molar-refractivity contribution in [2.75, 3.05) is 0 Å². The Morgan fingerprint density at radius 2 is 1.86 bits per heavy atom. The van der Waals surface area contributed by atoms with Crippen LogP contribution in [0.3, 0.4) is 0 Å². The predicted molar refractivity (Wildman–Crippen MR) is 89.1 cm³/mol. The van der Waals surface area contributed by atoms with Crippen LogP contribution < -0.4 is 0 Å². The van der Waals surface area contributed by atoms with Gasteiger partial charge in [-0.2, -0.15) is 0 Å². The molecule has 104 valence electrons. The van der Waals surface area contributed by atoms with Gasteiger partial charge in [-0.05, 0) is 36.4 Å². The van der Waals surface area contributed by atoms with Crippen LogP contribution >= 0.6 is 15.9 Å². The minimum Gasteiger partial charge on any atom is -0.494 e. The summed E-state index contributed by atoms with van der Waals surface area (Å²) in [6.07, 6.45) is 4.00. The number of halogens is 1. The molecular formula is C17H13BrN2O. The van der Waals surface area contributed by atoms with E-state index in [1.807, 2.05) is 48.3 Å². The van der Waals surface area contributed by atoms with E-state index in [9.17, 15) is 5.11 Å². The smallest absolute Gasteiger partial charge is 0.203 e. The van der Waals surface area contributed by atoms with E-state index in [1.54, 1.807) is 0 Å². The van der Waals surface area contributed by atoms with Crippen molar-refractivity contribution < 1.29 is 5.11 Å². The quantitative estimate of drug-likeness (QED) is 0.539. The number of aromatic nitrogens is 2. The summed E-state index contributed by atoms with van der Waals surface area (Å²) in [5.74, 6) is 0.265. The zero-order chi connectivity index (χ0) is 14.6. The van der Waals surface area contributed by atoms with Gasteiger partial charge < -0.3 is 9.67 Å². The Kier molecular flexibility index (Phi) is 2.62. The average molecular weight is 341 g/mol. The molecule has 0 radical (unpaired) electrons. The summed E-state index contributed by atoms with van der Waals surface area (Å²) < 4.78 is 4.87. The van der Waals surface area contributed by atoms with Gasteiger partial charge >= 0.3 is 0 Å². The molecule has 0 atom stereocenters.